The van der Waals surface area contributed by atoms with E-state index in [9.17, 15) is 4.79 Å². The predicted octanol–water partition coefficient (Wildman–Crippen LogP) is 2.93. The summed E-state index contributed by atoms with van der Waals surface area (Å²) in [5.41, 5.74) is 3.65. The van der Waals surface area contributed by atoms with Gasteiger partial charge in [-0.05, 0) is 64.0 Å². The molecule has 0 heterocycles. The largest absolute Gasteiger partial charge is 0.508 e. The standard InChI is InChI=1S/C15H13BrN2O3/c1-21-14-7-2-10(8-13(14)16)9-17-18-15(20)11-3-5-12(19)6-4-11/h2-9,19H,1H3,(H,18,20)/b17-9-. The van der Waals surface area contributed by atoms with Crippen molar-refractivity contribution >= 4 is 28.1 Å². The first-order valence-electron chi connectivity index (χ1n) is 6.06. The minimum Gasteiger partial charge on any atom is -0.508 e. The van der Waals surface area contributed by atoms with Gasteiger partial charge >= 0.3 is 0 Å². The zero-order chi connectivity index (χ0) is 15.2. The molecule has 2 N–H and O–H groups in total. The summed E-state index contributed by atoms with van der Waals surface area (Å²) in [6.45, 7) is 0. The molecule has 2 rings (SSSR count). The fourth-order valence-corrected chi connectivity index (χ4v) is 2.16. The Morgan fingerprint density at radius 1 is 1.29 bits per heavy atom. The minimum atomic E-state index is -0.348. The number of nitrogens with one attached hydrogen (secondary N) is 1. The Morgan fingerprint density at radius 3 is 2.62 bits per heavy atom. The van der Waals surface area contributed by atoms with E-state index in [0.29, 0.717) is 5.56 Å². The minimum absolute atomic E-state index is 0.109. The number of hydrazone groups is 1. The van der Waals surface area contributed by atoms with Gasteiger partial charge in [0.05, 0.1) is 17.8 Å². The van der Waals surface area contributed by atoms with Crippen LogP contribution in [-0.2, 0) is 0 Å². The molecule has 0 spiro atoms. The van der Waals surface area contributed by atoms with Crippen LogP contribution < -0.4 is 10.2 Å². The third kappa shape index (κ3) is 4.06. The number of hydrogen-bond acceptors (Lipinski definition) is 4. The van der Waals surface area contributed by atoms with Crippen LogP contribution in [0.25, 0.3) is 0 Å². The van der Waals surface area contributed by atoms with E-state index in [0.717, 1.165) is 15.8 Å². The fraction of sp³-hybridized carbons (Fsp3) is 0.0667. The molecule has 0 aliphatic carbocycles. The van der Waals surface area contributed by atoms with Crippen LogP contribution in [0.4, 0.5) is 0 Å². The molecule has 21 heavy (non-hydrogen) atoms. The second kappa shape index (κ2) is 6.90. The van der Waals surface area contributed by atoms with E-state index in [1.54, 1.807) is 13.2 Å². The molecule has 0 unspecified atom stereocenters. The van der Waals surface area contributed by atoms with Crippen LogP contribution in [-0.4, -0.2) is 24.3 Å². The molecule has 1 amide bonds. The summed E-state index contributed by atoms with van der Waals surface area (Å²) in [4.78, 5) is 11.8. The number of amides is 1. The highest BCUT2D eigenvalue weighted by Crippen LogP contribution is 2.24. The number of halogens is 1. The van der Waals surface area contributed by atoms with Crippen LogP contribution >= 0.6 is 15.9 Å². The van der Waals surface area contributed by atoms with Crippen LogP contribution in [0.2, 0.25) is 0 Å². The van der Waals surface area contributed by atoms with E-state index in [2.05, 4.69) is 26.5 Å². The molecule has 0 bridgehead atoms. The Kier molecular flexibility index (Phi) is 4.94. The molecule has 108 valence electrons. The van der Waals surface area contributed by atoms with Gasteiger partial charge in [0, 0.05) is 5.56 Å². The quantitative estimate of drug-likeness (QED) is 0.659. The summed E-state index contributed by atoms with van der Waals surface area (Å²) < 4.78 is 5.93. The summed E-state index contributed by atoms with van der Waals surface area (Å²) >= 11 is 3.37. The van der Waals surface area contributed by atoms with Gasteiger partial charge in [0.15, 0.2) is 0 Å². The average Bonchev–Trinajstić information content (AvgIpc) is 2.48. The molecule has 5 nitrogen and oxygen atoms in total. The van der Waals surface area contributed by atoms with E-state index >= 15 is 0 Å². The van der Waals surface area contributed by atoms with Crippen molar-refractivity contribution in [1.82, 2.24) is 5.43 Å². The van der Waals surface area contributed by atoms with Gasteiger partial charge in [0.25, 0.3) is 5.91 Å². The van der Waals surface area contributed by atoms with Crippen molar-refractivity contribution in [3.05, 3.63) is 58.1 Å². The van der Waals surface area contributed by atoms with Crippen molar-refractivity contribution in [3.63, 3.8) is 0 Å². The Hall–Kier alpha value is -2.34. The summed E-state index contributed by atoms with van der Waals surface area (Å²) in [7, 11) is 1.59. The summed E-state index contributed by atoms with van der Waals surface area (Å²) in [6, 6.07) is 11.4. The summed E-state index contributed by atoms with van der Waals surface area (Å²) in [5.74, 6) is 0.484. The van der Waals surface area contributed by atoms with E-state index in [1.165, 1.54) is 30.5 Å². The van der Waals surface area contributed by atoms with Gasteiger partial charge in [0.1, 0.15) is 11.5 Å². The monoisotopic (exact) mass is 348 g/mol. The molecule has 0 fully saturated rings. The van der Waals surface area contributed by atoms with Crippen LogP contribution in [0.5, 0.6) is 11.5 Å². The third-order valence-electron chi connectivity index (χ3n) is 2.69. The number of ether oxygens (including phenoxy) is 1. The summed E-state index contributed by atoms with van der Waals surface area (Å²) in [5, 5.41) is 13.0. The molecule has 0 saturated carbocycles. The van der Waals surface area contributed by atoms with E-state index in [-0.39, 0.29) is 11.7 Å². The maximum absolute atomic E-state index is 11.8. The molecule has 2 aromatic carbocycles. The molecular formula is C15H13BrN2O3. The molecular weight excluding hydrogens is 336 g/mol. The molecule has 2 aromatic rings. The second-order valence-electron chi connectivity index (χ2n) is 4.14. The predicted molar refractivity (Wildman–Crippen MR) is 83.9 cm³/mol. The van der Waals surface area contributed by atoms with Gasteiger partial charge in [0.2, 0.25) is 0 Å². The molecule has 0 aromatic heterocycles. The molecule has 6 heteroatoms. The lowest BCUT2D eigenvalue weighted by Crippen LogP contribution is -2.17. The van der Waals surface area contributed by atoms with E-state index < -0.39 is 0 Å². The fourth-order valence-electron chi connectivity index (χ4n) is 1.61. The highest BCUT2D eigenvalue weighted by molar-refractivity contribution is 9.10. The van der Waals surface area contributed by atoms with E-state index in [4.69, 9.17) is 9.84 Å². The highest BCUT2D eigenvalue weighted by atomic mass is 79.9. The number of methoxy groups -OCH3 is 1. The van der Waals surface area contributed by atoms with Crippen molar-refractivity contribution in [2.45, 2.75) is 0 Å². The van der Waals surface area contributed by atoms with Gasteiger partial charge in [-0.2, -0.15) is 5.10 Å². The highest BCUT2D eigenvalue weighted by Gasteiger charge is 2.03. The lowest BCUT2D eigenvalue weighted by atomic mass is 10.2. The average molecular weight is 349 g/mol. The molecule has 0 saturated heterocycles. The summed E-state index contributed by atoms with van der Waals surface area (Å²) in [6.07, 6.45) is 1.53. The first-order chi connectivity index (χ1) is 10.1. The Labute approximate surface area is 130 Å². The normalized spacial score (nSPS) is 10.6. The topological polar surface area (TPSA) is 70.9 Å². The van der Waals surface area contributed by atoms with Crippen LogP contribution in [0.15, 0.2) is 52.0 Å². The van der Waals surface area contributed by atoms with Crippen LogP contribution in [0.1, 0.15) is 15.9 Å². The number of phenolic OH excluding ortho intramolecular Hbond substituents is 1. The number of nitrogens with zero attached hydrogens (tertiary/aromatic N) is 1. The number of aromatic hydroxyl groups is 1. The number of hydrogen-bond donors (Lipinski definition) is 2. The number of carbonyl (C=O) groups excluding carboxylic acids is 1. The number of carbonyl (C=O) groups is 1. The zero-order valence-corrected chi connectivity index (χ0v) is 12.8. The van der Waals surface area contributed by atoms with Crippen LogP contribution in [0, 0.1) is 0 Å². The lowest BCUT2D eigenvalue weighted by Gasteiger charge is -2.03. The van der Waals surface area contributed by atoms with Crippen molar-refractivity contribution in [1.29, 1.82) is 0 Å². The SMILES string of the molecule is COc1ccc(/C=N\NC(=O)c2ccc(O)cc2)cc1Br. The zero-order valence-electron chi connectivity index (χ0n) is 11.2. The van der Waals surface area contributed by atoms with Gasteiger partial charge in [-0.1, -0.05) is 0 Å². The van der Waals surface area contributed by atoms with Crippen molar-refractivity contribution in [2.75, 3.05) is 7.11 Å². The second-order valence-corrected chi connectivity index (χ2v) is 4.99. The van der Waals surface area contributed by atoms with Crippen molar-refractivity contribution in [3.8, 4) is 11.5 Å². The Balaban J connectivity index is 2.00. The number of benzene rings is 2. The first-order valence-corrected chi connectivity index (χ1v) is 6.85. The lowest BCUT2D eigenvalue weighted by molar-refractivity contribution is 0.0955. The third-order valence-corrected chi connectivity index (χ3v) is 3.30. The maximum Gasteiger partial charge on any atom is 0.271 e. The molecule has 0 aliphatic rings. The molecule has 0 radical (unpaired) electrons. The van der Waals surface area contributed by atoms with E-state index in [1.807, 2.05) is 12.1 Å². The van der Waals surface area contributed by atoms with Gasteiger partial charge < -0.3 is 9.84 Å². The van der Waals surface area contributed by atoms with Crippen LogP contribution in [0.3, 0.4) is 0 Å². The smallest absolute Gasteiger partial charge is 0.271 e. The molecule has 0 atom stereocenters. The maximum atomic E-state index is 11.8. The van der Waals surface area contributed by atoms with Gasteiger partial charge in [-0.15, -0.1) is 0 Å². The van der Waals surface area contributed by atoms with Crippen molar-refractivity contribution < 1.29 is 14.6 Å². The number of rotatable bonds is 4. The Morgan fingerprint density at radius 2 is 2.00 bits per heavy atom. The van der Waals surface area contributed by atoms with Gasteiger partial charge in [-0.25, -0.2) is 5.43 Å². The van der Waals surface area contributed by atoms with Gasteiger partial charge in [-0.3, -0.25) is 4.79 Å². The van der Waals surface area contributed by atoms with Crippen molar-refractivity contribution in [2.24, 2.45) is 5.10 Å². The molecule has 0 aliphatic heterocycles. The number of phenols is 1. The first kappa shape index (κ1) is 15.1. The Bertz CT molecular complexity index is 669.